The summed E-state index contributed by atoms with van der Waals surface area (Å²) in [7, 11) is 1.78. The lowest BCUT2D eigenvalue weighted by molar-refractivity contribution is 0.508. The molecule has 2 rings (SSSR count). The first-order valence-electron chi connectivity index (χ1n) is 7.10. The minimum atomic E-state index is 0.0346. The van der Waals surface area contributed by atoms with Crippen LogP contribution in [0.25, 0.3) is 0 Å². The molecule has 0 amide bonds. The molecular weight excluding hydrogens is 262 g/mol. The van der Waals surface area contributed by atoms with Crippen molar-refractivity contribution in [2.75, 3.05) is 13.6 Å². The molecule has 0 atom stereocenters. The molecule has 2 aromatic rings. The fraction of sp³-hybridized carbons (Fsp3) is 0.375. The lowest BCUT2D eigenvalue weighted by Gasteiger charge is -2.26. The van der Waals surface area contributed by atoms with Crippen LogP contribution in [0.4, 0.5) is 0 Å². The summed E-state index contributed by atoms with van der Waals surface area (Å²) in [6.07, 6.45) is 1.74. The van der Waals surface area contributed by atoms with Crippen molar-refractivity contribution in [1.82, 2.24) is 20.8 Å². The molecule has 1 aromatic heterocycles. The molecule has 5 nitrogen and oxygen atoms in total. The first-order chi connectivity index (χ1) is 10.1. The van der Waals surface area contributed by atoms with E-state index in [2.05, 4.69) is 63.9 Å². The van der Waals surface area contributed by atoms with Crippen LogP contribution < -0.4 is 10.6 Å². The van der Waals surface area contributed by atoms with Crippen molar-refractivity contribution in [2.24, 2.45) is 4.99 Å². The summed E-state index contributed by atoms with van der Waals surface area (Å²) in [4.78, 5) is 4.24. The minimum absolute atomic E-state index is 0.0346. The molecule has 5 heteroatoms. The lowest BCUT2D eigenvalue weighted by Crippen LogP contribution is -2.43. The van der Waals surface area contributed by atoms with Gasteiger partial charge in [0.15, 0.2) is 5.96 Å². The zero-order valence-corrected chi connectivity index (χ0v) is 12.9. The van der Waals surface area contributed by atoms with Crippen LogP contribution in [-0.2, 0) is 12.0 Å². The number of nitrogens with zero attached hydrogens (tertiary/aromatic N) is 2. The molecule has 0 radical (unpaired) electrons. The fourth-order valence-electron chi connectivity index (χ4n) is 2.08. The number of aromatic nitrogens is 2. The Labute approximate surface area is 125 Å². The van der Waals surface area contributed by atoms with E-state index in [1.807, 2.05) is 12.1 Å². The van der Waals surface area contributed by atoms with Crippen molar-refractivity contribution >= 4 is 5.96 Å². The summed E-state index contributed by atoms with van der Waals surface area (Å²) in [6.45, 7) is 5.92. The van der Waals surface area contributed by atoms with Crippen LogP contribution >= 0.6 is 0 Å². The van der Waals surface area contributed by atoms with E-state index >= 15 is 0 Å². The average Bonchev–Trinajstić information content (AvgIpc) is 3.02. The zero-order valence-electron chi connectivity index (χ0n) is 12.9. The Morgan fingerprint density at radius 2 is 1.95 bits per heavy atom. The van der Waals surface area contributed by atoms with Gasteiger partial charge in [-0.15, -0.1) is 0 Å². The maximum Gasteiger partial charge on any atom is 0.191 e. The number of guanidine groups is 1. The molecule has 0 saturated carbocycles. The third-order valence-corrected chi connectivity index (χ3v) is 3.48. The predicted molar refractivity (Wildman–Crippen MR) is 86.3 cm³/mol. The molecule has 0 bridgehead atoms. The van der Waals surface area contributed by atoms with Crippen LogP contribution in [0.3, 0.4) is 0 Å². The molecular formula is C16H23N5. The molecule has 1 heterocycles. The fourth-order valence-corrected chi connectivity index (χ4v) is 2.08. The Hall–Kier alpha value is -2.30. The zero-order chi connectivity index (χ0) is 15.1. The molecule has 0 spiro atoms. The third kappa shape index (κ3) is 4.34. The van der Waals surface area contributed by atoms with Crippen molar-refractivity contribution in [3.05, 3.63) is 53.9 Å². The summed E-state index contributed by atoms with van der Waals surface area (Å²) in [5, 5.41) is 13.5. The normalized spacial score (nSPS) is 12.2. The highest BCUT2D eigenvalue weighted by Crippen LogP contribution is 2.21. The first-order valence-corrected chi connectivity index (χ1v) is 7.10. The number of nitrogens with one attached hydrogen (secondary N) is 3. The SMILES string of the molecule is CN=C(NCc1ccn[nH]1)NCC(C)(C)c1ccccc1. The molecule has 0 unspecified atom stereocenters. The van der Waals surface area contributed by atoms with Crippen molar-refractivity contribution < 1.29 is 0 Å². The average molecular weight is 285 g/mol. The molecule has 0 fully saturated rings. The second-order valence-electron chi connectivity index (χ2n) is 5.61. The van der Waals surface area contributed by atoms with Crippen molar-refractivity contribution in [3.63, 3.8) is 0 Å². The molecule has 0 aliphatic heterocycles. The van der Waals surface area contributed by atoms with Crippen molar-refractivity contribution in [2.45, 2.75) is 25.8 Å². The highest BCUT2D eigenvalue weighted by Gasteiger charge is 2.20. The van der Waals surface area contributed by atoms with Crippen LogP contribution in [-0.4, -0.2) is 29.7 Å². The standard InChI is InChI=1S/C16H23N5/c1-16(2,13-7-5-4-6-8-13)12-19-15(17-3)18-11-14-9-10-20-21-14/h4-10H,11-12H2,1-3H3,(H,20,21)(H2,17,18,19). The highest BCUT2D eigenvalue weighted by molar-refractivity contribution is 5.79. The monoisotopic (exact) mass is 285 g/mol. The van der Waals surface area contributed by atoms with Crippen LogP contribution in [0, 0.1) is 0 Å². The molecule has 112 valence electrons. The van der Waals surface area contributed by atoms with Gasteiger partial charge in [0.25, 0.3) is 0 Å². The molecule has 0 saturated heterocycles. The largest absolute Gasteiger partial charge is 0.356 e. The number of rotatable bonds is 5. The summed E-state index contributed by atoms with van der Waals surface area (Å²) in [5.74, 6) is 0.786. The highest BCUT2D eigenvalue weighted by atomic mass is 15.2. The summed E-state index contributed by atoms with van der Waals surface area (Å²) >= 11 is 0. The van der Waals surface area contributed by atoms with Gasteiger partial charge in [0.2, 0.25) is 0 Å². The Kier molecular flexibility index (Phi) is 4.98. The van der Waals surface area contributed by atoms with Crippen molar-refractivity contribution in [1.29, 1.82) is 0 Å². The van der Waals surface area contributed by atoms with Gasteiger partial charge >= 0.3 is 0 Å². The topological polar surface area (TPSA) is 65.1 Å². The Morgan fingerprint density at radius 1 is 1.19 bits per heavy atom. The van der Waals surface area contributed by atoms with E-state index in [0.29, 0.717) is 6.54 Å². The number of H-pyrrole nitrogens is 1. The Morgan fingerprint density at radius 3 is 2.57 bits per heavy atom. The second-order valence-corrected chi connectivity index (χ2v) is 5.61. The Balaban J connectivity index is 1.88. The summed E-state index contributed by atoms with van der Waals surface area (Å²) in [6, 6.07) is 12.4. The van der Waals surface area contributed by atoms with E-state index < -0.39 is 0 Å². The van der Waals surface area contributed by atoms with E-state index in [1.165, 1.54) is 5.56 Å². The van der Waals surface area contributed by atoms with Gasteiger partial charge in [-0.05, 0) is 11.6 Å². The maximum absolute atomic E-state index is 4.24. The predicted octanol–water partition coefficient (Wildman–Crippen LogP) is 2.05. The van der Waals surface area contributed by atoms with Crippen molar-refractivity contribution in [3.8, 4) is 0 Å². The van der Waals surface area contributed by atoms with Crippen LogP contribution in [0.2, 0.25) is 0 Å². The first kappa shape index (κ1) is 15.1. The quantitative estimate of drug-likeness (QED) is 0.582. The van der Waals surface area contributed by atoms with Crippen LogP contribution in [0.15, 0.2) is 47.6 Å². The van der Waals surface area contributed by atoms with Gasteiger partial charge in [-0.2, -0.15) is 5.10 Å². The van der Waals surface area contributed by atoms with Gasteiger partial charge in [-0.3, -0.25) is 10.1 Å². The van der Waals surface area contributed by atoms with Gasteiger partial charge in [-0.1, -0.05) is 44.2 Å². The molecule has 21 heavy (non-hydrogen) atoms. The number of benzene rings is 1. The van der Waals surface area contributed by atoms with Gasteiger partial charge in [0.05, 0.1) is 12.2 Å². The number of hydrogen-bond acceptors (Lipinski definition) is 2. The minimum Gasteiger partial charge on any atom is -0.356 e. The van der Waals surface area contributed by atoms with Gasteiger partial charge in [-0.25, -0.2) is 0 Å². The van der Waals surface area contributed by atoms with E-state index in [9.17, 15) is 0 Å². The summed E-state index contributed by atoms with van der Waals surface area (Å²) < 4.78 is 0. The number of hydrogen-bond donors (Lipinski definition) is 3. The van der Waals surface area contributed by atoms with Gasteiger partial charge in [0, 0.05) is 25.2 Å². The molecule has 0 aliphatic rings. The third-order valence-electron chi connectivity index (χ3n) is 3.48. The Bertz CT molecular complexity index is 558. The maximum atomic E-state index is 4.24. The summed E-state index contributed by atoms with van der Waals surface area (Å²) in [5.41, 5.74) is 2.37. The smallest absolute Gasteiger partial charge is 0.191 e. The van der Waals surface area contributed by atoms with Gasteiger partial charge in [0.1, 0.15) is 0 Å². The van der Waals surface area contributed by atoms with E-state index in [-0.39, 0.29) is 5.41 Å². The second kappa shape index (κ2) is 6.92. The van der Waals surface area contributed by atoms with Gasteiger partial charge < -0.3 is 10.6 Å². The molecule has 3 N–H and O–H groups in total. The number of aliphatic imine (C=N–C) groups is 1. The van der Waals surface area contributed by atoms with E-state index in [0.717, 1.165) is 18.2 Å². The van der Waals surface area contributed by atoms with E-state index in [1.54, 1.807) is 13.2 Å². The van der Waals surface area contributed by atoms with Crippen LogP contribution in [0.1, 0.15) is 25.1 Å². The van der Waals surface area contributed by atoms with Crippen LogP contribution in [0.5, 0.6) is 0 Å². The number of aromatic amines is 1. The molecule has 0 aliphatic carbocycles. The lowest BCUT2D eigenvalue weighted by atomic mass is 9.85. The van der Waals surface area contributed by atoms with E-state index in [4.69, 9.17) is 0 Å². The molecule has 1 aromatic carbocycles.